The third kappa shape index (κ3) is 17.5. The van der Waals surface area contributed by atoms with Crippen LogP contribution in [0.5, 0.6) is 0 Å². The summed E-state index contributed by atoms with van der Waals surface area (Å²) in [5.41, 5.74) is 5.68. The van der Waals surface area contributed by atoms with Crippen molar-refractivity contribution in [1.29, 1.82) is 0 Å². The van der Waals surface area contributed by atoms with E-state index in [1.54, 1.807) is 0 Å². The molecule has 0 spiro atoms. The van der Waals surface area contributed by atoms with Crippen LogP contribution in [-0.4, -0.2) is 43.3 Å². The Bertz CT molecular complexity index is 263. The van der Waals surface area contributed by atoms with Gasteiger partial charge in [0.2, 0.25) is 0 Å². The Morgan fingerprint density at radius 3 is 2.13 bits per heavy atom. The van der Waals surface area contributed by atoms with Gasteiger partial charge >= 0.3 is 5.97 Å². The average molecular weight is 330 g/mol. The Morgan fingerprint density at radius 1 is 0.957 bits per heavy atom. The molecule has 0 saturated carbocycles. The highest BCUT2D eigenvalue weighted by Crippen LogP contribution is 2.12. The van der Waals surface area contributed by atoms with Gasteiger partial charge in [-0.2, -0.15) is 0 Å². The van der Waals surface area contributed by atoms with Crippen LogP contribution in [-0.2, 0) is 4.79 Å². The van der Waals surface area contributed by atoms with E-state index in [4.69, 9.17) is 10.8 Å². The fourth-order valence-electron chi connectivity index (χ4n) is 2.81. The molecule has 0 fully saturated rings. The van der Waals surface area contributed by atoms with Crippen molar-refractivity contribution in [2.45, 2.75) is 83.6 Å². The molecule has 0 amide bonds. The fourth-order valence-corrected chi connectivity index (χ4v) is 2.81. The lowest BCUT2D eigenvalue weighted by atomic mass is 10.0. The second-order valence-electron chi connectivity index (χ2n) is 6.42. The van der Waals surface area contributed by atoms with Crippen LogP contribution in [0.2, 0.25) is 0 Å². The predicted octanol–water partition coefficient (Wildman–Crippen LogP) is 2.89. The van der Waals surface area contributed by atoms with Crippen molar-refractivity contribution < 1.29 is 9.90 Å². The Labute approximate surface area is 142 Å². The SMILES string of the molecule is CCCCCCCCCCCC(CCN)NCCNCC(=O)O. The molecule has 0 heterocycles. The summed E-state index contributed by atoms with van der Waals surface area (Å²) >= 11 is 0. The number of hydrogen-bond acceptors (Lipinski definition) is 4. The molecular formula is C18H39N3O2. The molecule has 1 unspecified atom stereocenters. The summed E-state index contributed by atoms with van der Waals surface area (Å²) in [4.78, 5) is 10.4. The van der Waals surface area contributed by atoms with Crippen molar-refractivity contribution in [2.24, 2.45) is 5.73 Å². The molecule has 1 atom stereocenters. The molecule has 23 heavy (non-hydrogen) atoms. The van der Waals surface area contributed by atoms with Gasteiger partial charge < -0.3 is 21.5 Å². The normalized spacial score (nSPS) is 12.4. The van der Waals surface area contributed by atoms with Gasteiger partial charge in [0.25, 0.3) is 0 Å². The highest BCUT2D eigenvalue weighted by molar-refractivity contribution is 5.68. The summed E-state index contributed by atoms with van der Waals surface area (Å²) in [5.74, 6) is -0.807. The summed E-state index contributed by atoms with van der Waals surface area (Å²) in [5, 5.41) is 14.9. The quantitative estimate of drug-likeness (QED) is 0.290. The standard InChI is InChI=1S/C18H39N3O2/c1-2-3-4-5-6-7-8-9-10-11-17(12-13-19)21-15-14-20-16-18(22)23/h17,20-21H,2-16,19H2,1H3,(H,22,23). The van der Waals surface area contributed by atoms with Crippen molar-refractivity contribution in [3.8, 4) is 0 Å². The second kappa shape index (κ2) is 17.7. The first-order valence-corrected chi connectivity index (χ1v) is 9.56. The Kier molecular flexibility index (Phi) is 17.2. The van der Waals surface area contributed by atoms with Gasteiger partial charge in [-0.25, -0.2) is 0 Å². The number of aliphatic carboxylic acids is 1. The summed E-state index contributed by atoms with van der Waals surface area (Å²) in [6.07, 6.45) is 14.3. The average Bonchev–Trinajstić information content (AvgIpc) is 2.52. The molecule has 0 saturated heterocycles. The van der Waals surface area contributed by atoms with Crippen LogP contribution in [0, 0.1) is 0 Å². The first kappa shape index (κ1) is 22.4. The zero-order chi connectivity index (χ0) is 17.2. The summed E-state index contributed by atoms with van der Waals surface area (Å²) < 4.78 is 0. The molecule has 0 rings (SSSR count). The van der Waals surface area contributed by atoms with Crippen LogP contribution < -0.4 is 16.4 Å². The van der Waals surface area contributed by atoms with E-state index in [0.29, 0.717) is 19.1 Å². The zero-order valence-electron chi connectivity index (χ0n) is 15.1. The number of nitrogens with one attached hydrogen (secondary N) is 2. The first-order chi connectivity index (χ1) is 11.2. The molecule has 0 aliphatic rings. The third-order valence-corrected chi connectivity index (χ3v) is 4.18. The molecule has 0 radical (unpaired) electrons. The van der Waals surface area contributed by atoms with Crippen molar-refractivity contribution in [2.75, 3.05) is 26.2 Å². The minimum absolute atomic E-state index is 0.0293. The maximum Gasteiger partial charge on any atom is 0.317 e. The smallest absolute Gasteiger partial charge is 0.317 e. The number of carbonyl (C=O) groups is 1. The van der Waals surface area contributed by atoms with E-state index in [2.05, 4.69) is 17.6 Å². The number of nitrogens with two attached hydrogens (primary N) is 1. The molecule has 0 aliphatic heterocycles. The molecule has 138 valence electrons. The zero-order valence-corrected chi connectivity index (χ0v) is 15.1. The second-order valence-corrected chi connectivity index (χ2v) is 6.42. The van der Waals surface area contributed by atoms with E-state index >= 15 is 0 Å². The monoisotopic (exact) mass is 329 g/mol. The lowest BCUT2D eigenvalue weighted by Crippen LogP contribution is -2.37. The van der Waals surface area contributed by atoms with Crippen LogP contribution >= 0.6 is 0 Å². The van der Waals surface area contributed by atoms with Crippen LogP contribution in [0.25, 0.3) is 0 Å². The van der Waals surface area contributed by atoms with Gasteiger partial charge in [0, 0.05) is 19.1 Å². The number of rotatable bonds is 18. The van der Waals surface area contributed by atoms with Crippen molar-refractivity contribution >= 4 is 5.97 Å². The first-order valence-electron chi connectivity index (χ1n) is 9.56. The number of carboxylic acids is 1. The van der Waals surface area contributed by atoms with E-state index in [9.17, 15) is 4.79 Å². The van der Waals surface area contributed by atoms with Gasteiger partial charge in [0.15, 0.2) is 0 Å². The van der Waals surface area contributed by atoms with Crippen LogP contribution in [0.4, 0.5) is 0 Å². The van der Waals surface area contributed by atoms with E-state index in [1.807, 2.05) is 0 Å². The molecule has 0 bridgehead atoms. The Morgan fingerprint density at radius 2 is 1.57 bits per heavy atom. The van der Waals surface area contributed by atoms with Gasteiger partial charge in [-0.1, -0.05) is 64.7 Å². The topological polar surface area (TPSA) is 87.4 Å². The van der Waals surface area contributed by atoms with E-state index < -0.39 is 5.97 Å². The Hall–Kier alpha value is -0.650. The molecular weight excluding hydrogens is 290 g/mol. The highest BCUT2D eigenvalue weighted by Gasteiger charge is 2.06. The van der Waals surface area contributed by atoms with Gasteiger partial charge in [-0.05, 0) is 19.4 Å². The minimum Gasteiger partial charge on any atom is -0.480 e. The summed E-state index contributed by atoms with van der Waals surface area (Å²) in [6.45, 7) is 4.48. The van der Waals surface area contributed by atoms with Crippen LogP contribution in [0.1, 0.15) is 77.6 Å². The maximum atomic E-state index is 10.4. The lowest BCUT2D eigenvalue weighted by Gasteiger charge is -2.18. The lowest BCUT2D eigenvalue weighted by molar-refractivity contribution is -0.135. The van der Waals surface area contributed by atoms with Crippen molar-refractivity contribution in [3.05, 3.63) is 0 Å². The maximum absolute atomic E-state index is 10.4. The van der Waals surface area contributed by atoms with Gasteiger partial charge in [0.05, 0.1) is 6.54 Å². The highest BCUT2D eigenvalue weighted by atomic mass is 16.4. The van der Waals surface area contributed by atoms with E-state index in [-0.39, 0.29) is 6.54 Å². The fraction of sp³-hybridized carbons (Fsp3) is 0.944. The molecule has 5 nitrogen and oxygen atoms in total. The molecule has 0 aromatic rings. The van der Waals surface area contributed by atoms with Crippen LogP contribution in [0.15, 0.2) is 0 Å². The largest absolute Gasteiger partial charge is 0.480 e. The van der Waals surface area contributed by atoms with E-state index in [1.165, 1.54) is 64.2 Å². The number of unbranched alkanes of at least 4 members (excludes halogenated alkanes) is 8. The number of carboxylic acid groups (broad SMARTS) is 1. The summed E-state index contributed by atoms with van der Waals surface area (Å²) in [7, 11) is 0. The van der Waals surface area contributed by atoms with Crippen LogP contribution in [0.3, 0.4) is 0 Å². The minimum atomic E-state index is -0.807. The molecule has 0 aromatic heterocycles. The predicted molar refractivity (Wildman–Crippen MR) is 97.8 cm³/mol. The molecule has 5 heteroatoms. The van der Waals surface area contributed by atoms with E-state index in [0.717, 1.165) is 13.0 Å². The van der Waals surface area contributed by atoms with Gasteiger partial charge in [-0.15, -0.1) is 0 Å². The van der Waals surface area contributed by atoms with Crippen molar-refractivity contribution in [3.63, 3.8) is 0 Å². The Balaban J connectivity index is 3.47. The molecule has 5 N–H and O–H groups in total. The van der Waals surface area contributed by atoms with Gasteiger partial charge in [-0.3, -0.25) is 4.79 Å². The van der Waals surface area contributed by atoms with Gasteiger partial charge in [0.1, 0.15) is 0 Å². The third-order valence-electron chi connectivity index (χ3n) is 4.18. The number of hydrogen-bond donors (Lipinski definition) is 4. The molecule has 0 aromatic carbocycles. The van der Waals surface area contributed by atoms with Crippen molar-refractivity contribution in [1.82, 2.24) is 10.6 Å². The summed E-state index contributed by atoms with van der Waals surface area (Å²) in [6, 6.07) is 0.469. The molecule has 0 aliphatic carbocycles.